The van der Waals surface area contributed by atoms with E-state index in [-0.39, 0.29) is 21.7 Å². The maximum atomic E-state index is 2.55. The highest BCUT2D eigenvalue weighted by Gasteiger charge is 2.48. The van der Waals surface area contributed by atoms with E-state index in [9.17, 15) is 0 Å². The van der Waals surface area contributed by atoms with Gasteiger partial charge in [0, 0.05) is 10.8 Å². The van der Waals surface area contributed by atoms with Crippen molar-refractivity contribution in [1.82, 2.24) is 0 Å². The second-order valence-electron chi connectivity index (χ2n) is 11.2. The fourth-order valence-electron chi connectivity index (χ4n) is 4.72. The highest BCUT2D eigenvalue weighted by atomic mass is 14.5. The van der Waals surface area contributed by atoms with E-state index in [1.165, 1.54) is 0 Å². The van der Waals surface area contributed by atoms with Crippen LogP contribution in [0.25, 0.3) is 0 Å². The van der Waals surface area contributed by atoms with Crippen molar-refractivity contribution in [2.75, 3.05) is 0 Å². The molecule has 0 N–H and O–H groups in total. The Hall–Kier alpha value is -1.04. The second kappa shape index (κ2) is 4.77. The van der Waals surface area contributed by atoms with E-state index in [0.29, 0.717) is 0 Å². The van der Waals surface area contributed by atoms with Crippen molar-refractivity contribution >= 4 is 0 Å². The van der Waals surface area contributed by atoms with Crippen molar-refractivity contribution in [3.63, 3.8) is 0 Å². The monoisotopic (exact) mass is 324 g/mol. The van der Waals surface area contributed by atoms with Crippen LogP contribution in [-0.4, -0.2) is 0 Å². The molecule has 0 aromatic rings. The smallest absolute Gasteiger partial charge is 0.0146 e. The molecule has 0 atom stereocenters. The van der Waals surface area contributed by atoms with Gasteiger partial charge in [-0.1, -0.05) is 104 Å². The third-order valence-corrected chi connectivity index (χ3v) is 6.80. The Morgan fingerprint density at radius 1 is 0.625 bits per heavy atom. The van der Waals surface area contributed by atoms with Crippen LogP contribution in [0.15, 0.2) is 45.6 Å². The highest BCUT2D eigenvalue weighted by Crippen LogP contribution is 2.62. The fourth-order valence-corrected chi connectivity index (χ4v) is 4.72. The minimum absolute atomic E-state index is 0.139. The Kier molecular flexibility index (Phi) is 3.53. The first kappa shape index (κ1) is 17.8. The van der Waals surface area contributed by atoms with Crippen LogP contribution in [0, 0.1) is 21.7 Å². The first-order valence-corrected chi connectivity index (χ1v) is 9.57. The molecule has 0 heterocycles. The largest absolute Gasteiger partial charge is 0.0604 e. The molecule has 0 saturated heterocycles. The summed E-state index contributed by atoms with van der Waals surface area (Å²) in [6, 6.07) is 0. The van der Waals surface area contributed by atoms with E-state index in [2.05, 4.69) is 81.4 Å². The second-order valence-corrected chi connectivity index (χ2v) is 11.2. The lowest BCUT2D eigenvalue weighted by Crippen LogP contribution is -2.31. The van der Waals surface area contributed by atoms with Gasteiger partial charge in [0.25, 0.3) is 0 Å². The van der Waals surface area contributed by atoms with Gasteiger partial charge in [-0.2, -0.15) is 0 Å². The van der Waals surface area contributed by atoms with Crippen LogP contribution in [0.1, 0.15) is 82.1 Å². The zero-order valence-electron chi connectivity index (χ0n) is 17.6. The molecule has 0 unspecified atom stereocenters. The molecule has 0 saturated carbocycles. The molecule has 0 fully saturated rings. The van der Waals surface area contributed by atoms with Gasteiger partial charge in [-0.25, -0.2) is 0 Å². The van der Waals surface area contributed by atoms with Gasteiger partial charge in [0.2, 0.25) is 0 Å². The summed E-state index contributed by atoms with van der Waals surface area (Å²) in [6.07, 6.45) is 7.42. The summed E-state index contributed by atoms with van der Waals surface area (Å²) in [7, 11) is 0. The first-order chi connectivity index (χ1) is 10.7. The lowest BCUT2D eigenvalue weighted by atomic mass is 9.61. The first-order valence-electron chi connectivity index (χ1n) is 9.57. The van der Waals surface area contributed by atoms with Crippen LogP contribution >= 0.6 is 0 Å². The van der Waals surface area contributed by atoms with Crippen LogP contribution < -0.4 is 0 Å². The van der Waals surface area contributed by atoms with Crippen molar-refractivity contribution in [2.24, 2.45) is 21.7 Å². The Morgan fingerprint density at radius 2 is 0.958 bits per heavy atom. The Labute approximate surface area is 149 Å². The van der Waals surface area contributed by atoms with Gasteiger partial charge in [0.1, 0.15) is 0 Å². The maximum absolute atomic E-state index is 2.55. The van der Waals surface area contributed by atoms with Crippen LogP contribution in [0.3, 0.4) is 0 Å². The SMILES string of the molecule is CC(C)(C)C1=CC2=C(C1)C(C)(C)C1=C(C=C(C(C)(C)C)C1)C2(C)C. The summed E-state index contributed by atoms with van der Waals surface area (Å²) < 4.78 is 0. The van der Waals surface area contributed by atoms with Crippen molar-refractivity contribution in [3.8, 4) is 0 Å². The lowest BCUT2D eigenvalue weighted by Gasteiger charge is -2.43. The van der Waals surface area contributed by atoms with Crippen molar-refractivity contribution < 1.29 is 0 Å². The summed E-state index contributed by atoms with van der Waals surface area (Å²) >= 11 is 0. The molecule has 132 valence electrons. The number of hydrogen-bond donors (Lipinski definition) is 0. The predicted molar refractivity (Wildman–Crippen MR) is 106 cm³/mol. The van der Waals surface area contributed by atoms with Crippen LogP contribution in [0.4, 0.5) is 0 Å². The highest BCUT2D eigenvalue weighted by molar-refractivity contribution is 5.62. The van der Waals surface area contributed by atoms with E-state index >= 15 is 0 Å². The van der Waals surface area contributed by atoms with E-state index in [1.807, 2.05) is 0 Å². The summed E-state index contributed by atoms with van der Waals surface area (Å²) in [6.45, 7) is 24.0. The molecular weight excluding hydrogens is 288 g/mol. The van der Waals surface area contributed by atoms with Crippen LogP contribution in [-0.2, 0) is 0 Å². The lowest BCUT2D eigenvalue weighted by molar-refractivity contribution is 0.422. The van der Waals surface area contributed by atoms with E-state index in [0.717, 1.165) is 12.8 Å². The van der Waals surface area contributed by atoms with Gasteiger partial charge >= 0.3 is 0 Å². The molecule has 3 aliphatic rings. The predicted octanol–water partition coefficient (Wildman–Crippen LogP) is 7.40. The van der Waals surface area contributed by atoms with Crippen molar-refractivity contribution in [2.45, 2.75) is 82.1 Å². The standard InChI is InChI=1S/C24H36/c1-21(2,3)15-11-17-18(12-15)24(9,10)20-14-16(22(4,5)6)13-19(20)23(17,7)8/h11,13H,12,14H2,1-10H3. The molecule has 0 bridgehead atoms. The molecule has 0 radical (unpaired) electrons. The van der Waals surface area contributed by atoms with Gasteiger partial charge in [-0.05, 0) is 34.8 Å². The zero-order valence-corrected chi connectivity index (χ0v) is 17.6. The molecule has 0 heteroatoms. The maximum Gasteiger partial charge on any atom is 0.0146 e. The third-order valence-electron chi connectivity index (χ3n) is 6.80. The molecule has 3 aliphatic carbocycles. The molecule has 3 rings (SSSR count). The summed E-state index contributed by atoms with van der Waals surface area (Å²) in [5, 5.41) is 0. The topological polar surface area (TPSA) is 0 Å². The number of rotatable bonds is 0. The number of allylic oxidation sites excluding steroid dienone is 8. The molecule has 0 nitrogen and oxygen atoms in total. The van der Waals surface area contributed by atoms with E-state index in [1.54, 1.807) is 33.4 Å². The van der Waals surface area contributed by atoms with Gasteiger partial charge in [-0.15, -0.1) is 0 Å². The van der Waals surface area contributed by atoms with Gasteiger partial charge in [0.05, 0.1) is 0 Å². The minimum Gasteiger partial charge on any atom is -0.0604 e. The van der Waals surface area contributed by atoms with Crippen molar-refractivity contribution in [3.05, 3.63) is 45.6 Å². The van der Waals surface area contributed by atoms with Crippen LogP contribution in [0.5, 0.6) is 0 Å². The normalized spacial score (nSPS) is 25.6. The Bertz CT molecular complexity index is 653. The molecular formula is C24H36. The Balaban J connectivity index is 2.11. The van der Waals surface area contributed by atoms with Crippen LogP contribution in [0.2, 0.25) is 0 Å². The third kappa shape index (κ3) is 2.40. The molecule has 0 aromatic carbocycles. The summed E-state index contributed by atoms with van der Waals surface area (Å²) in [5.74, 6) is 0. The zero-order chi connectivity index (χ0) is 18.3. The average Bonchev–Trinajstić information content (AvgIpc) is 3.02. The van der Waals surface area contributed by atoms with Crippen molar-refractivity contribution in [1.29, 1.82) is 0 Å². The minimum atomic E-state index is 0.139. The fraction of sp³-hybridized carbons (Fsp3) is 0.667. The molecule has 0 spiro atoms. The van der Waals surface area contributed by atoms with Gasteiger partial charge < -0.3 is 0 Å². The summed E-state index contributed by atoms with van der Waals surface area (Å²) in [4.78, 5) is 0. The van der Waals surface area contributed by atoms with E-state index in [4.69, 9.17) is 0 Å². The Morgan fingerprint density at radius 3 is 1.25 bits per heavy atom. The quantitative estimate of drug-likeness (QED) is 0.435. The van der Waals surface area contributed by atoms with E-state index < -0.39 is 0 Å². The van der Waals surface area contributed by atoms with Gasteiger partial charge in [-0.3, -0.25) is 0 Å². The van der Waals surface area contributed by atoms with Gasteiger partial charge in [0.15, 0.2) is 0 Å². The number of hydrogen-bond acceptors (Lipinski definition) is 0. The molecule has 0 amide bonds. The molecule has 24 heavy (non-hydrogen) atoms. The molecule has 0 aliphatic heterocycles. The average molecular weight is 325 g/mol. The summed E-state index contributed by atoms with van der Waals surface area (Å²) in [5.41, 5.74) is 10.6. The molecule has 0 aromatic heterocycles.